The quantitative estimate of drug-likeness (QED) is 0.820. The van der Waals surface area contributed by atoms with Gasteiger partial charge >= 0.3 is 0 Å². The largest absolute Gasteiger partial charge is 0.383 e. The van der Waals surface area contributed by atoms with Gasteiger partial charge in [-0.2, -0.15) is 0 Å². The number of aromatic nitrogens is 1. The number of aliphatic hydroxyl groups is 1. The van der Waals surface area contributed by atoms with Gasteiger partial charge in [0.25, 0.3) is 0 Å². The molecule has 2 N–H and O–H groups in total. The lowest BCUT2D eigenvalue weighted by atomic mass is 9.87. The summed E-state index contributed by atoms with van der Waals surface area (Å²) in [4.78, 5) is 18.8. The van der Waals surface area contributed by atoms with E-state index in [1.54, 1.807) is 6.20 Å². The molecule has 0 atom stereocenters. The normalized spacial score (nSPS) is 17.0. The van der Waals surface area contributed by atoms with Crippen LogP contribution in [0.4, 0.5) is 5.69 Å². The molecule has 0 radical (unpaired) electrons. The minimum Gasteiger partial charge on any atom is -0.383 e. The molecule has 5 nitrogen and oxygen atoms in total. The molecule has 1 aromatic heterocycles. The third-order valence-corrected chi connectivity index (χ3v) is 5.34. The Morgan fingerprint density at radius 2 is 1.89 bits per heavy atom. The smallest absolute Gasteiger partial charge is 0.225 e. The fourth-order valence-electron chi connectivity index (χ4n) is 3.48. The highest BCUT2D eigenvalue weighted by Gasteiger charge is 2.34. The topological polar surface area (TPSA) is 65.5 Å². The molecular weight excluding hydrogens is 338 g/mol. The molecule has 0 spiro atoms. The molecule has 2 aromatic rings. The first kappa shape index (κ1) is 19.5. The molecule has 1 amide bonds. The van der Waals surface area contributed by atoms with Crippen molar-refractivity contribution in [2.75, 3.05) is 25.0 Å². The standard InChI is InChI=1S/C22H29N3O2/c1-17(2)18-6-8-19(9-7-18)24-21(26)10-14-25-15-11-22(27,12-16-25)20-5-3-4-13-23-20/h3-9,13,17,27H,10-12,14-16H2,1-2H3,(H,24,26). The van der Waals surface area contributed by atoms with Crippen molar-refractivity contribution in [3.63, 3.8) is 0 Å². The number of hydrogen-bond acceptors (Lipinski definition) is 4. The number of likely N-dealkylation sites (tertiary alicyclic amines) is 1. The average Bonchev–Trinajstić information content (AvgIpc) is 2.69. The summed E-state index contributed by atoms with van der Waals surface area (Å²) in [6.45, 7) is 6.54. The van der Waals surface area contributed by atoms with E-state index in [1.807, 2.05) is 30.3 Å². The zero-order chi connectivity index (χ0) is 19.3. The van der Waals surface area contributed by atoms with Crippen molar-refractivity contribution in [3.8, 4) is 0 Å². The molecule has 1 saturated heterocycles. The van der Waals surface area contributed by atoms with E-state index in [9.17, 15) is 9.90 Å². The first-order valence-corrected chi connectivity index (χ1v) is 9.72. The average molecular weight is 367 g/mol. The van der Waals surface area contributed by atoms with Crippen LogP contribution < -0.4 is 5.32 Å². The summed E-state index contributed by atoms with van der Waals surface area (Å²) in [7, 11) is 0. The van der Waals surface area contributed by atoms with Crippen LogP contribution in [0.5, 0.6) is 0 Å². The molecule has 144 valence electrons. The van der Waals surface area contributed by atoms with Crippen molar-refractivity contribution in [1.29, 1.82) is 0 Å². The van der Waals surface area contributed by atoms with Crippen LogP contribution in [0.2, 0.25) is 0 Å². The van der Waals surface area contributed by atoms with E-state index in [-0.39, 0.29) is 5.91 Å². The van der Waals surface area contributed by atoms with E-state index in [2.05, 4.69) is 41.2 Å². The van der Waals surface area contributed by atoms with Crippen molar-refractivity contribution in [1.82, 2.24) is 9.88 Å². The molecule has 0 saturated carbocycles. The van der Waals surface area contributed by atoms with Gasteiger partial charge in [0.15, 0.2) is 0 Å². The van der Waals surface area contributed by atoms with Gasteiger partial charge in [-0.15, -0.1) is 0 Å². The Kier molecular flexibility index (Phi) is 6.24. The Bertz CT molecular complexity index is 736. The molecule has 27 heavy (non-hydrogen) atoms. The molecular formula is C22H29N3O2. The van der Waals surface area contributed by atoms with E-state index >= 15 is 0 Å². The van der Waals surface area contributed by atoms with Crippen LogP contribution in [0.25, 0.3) is 0 Å². The van der Waals surface area contributed by atoms with E-state index in [0.29, 0.717) is 31.7 Å². The predicted octanol–water partition coefficient (Wildman–Crippen LogP) is 3.52. The number of nitrogens with zero attached hydrogens (tertiary/aromatic N) is 2. The number of amides is 1. The van der Waals surface area contributed by atoms with Crippen molar-refractivity contribution in [2.45, 2.75) is 44.6 Å². The van der Waals surface area contributed by atoms with Crippen molar-refractivity contribution >= 4 is 11.6 Å². The maximum absolute atomic E-state index is 12.2. The first-order chi connectivity index (χ1) is 13.0. The van der Waals surface area contributed by atoms with E-state index in [1.165, 1.54) is 5.56 Å². The van der Waals surface area contributed by atoms with Crippen molar-refractivity contribution < 1.29 is 9.90 Å². The number of anilines is 1. The highest BCUT2D eigenvalue weighted by atomic mass is 16.3. The summed E-state index contributed by atoms with van der Waals surface area (Å²) in [5.41, 5.74) is 2.00. The van der Waals surface area contributed by atoms with Gasteiger partial charge in [-0.25, -0.2) is 0 Å². The highest BCUT2D eigenvalue weighted by Crippen LogP contribution is 2.31. The van der Waals surface area contributed by atoms with Crippen LogP contribution in [-0.4, -0.2) is 40.5 Å². The number of piperidine rings is 1. The molecule has 5 heteroatoms. The molecule has 1 fully saturated rings. The lowest BCUT2D eigenvalue weighted by Crippen LogP contribution is -2.43. The second-order valence-corrected chi connectivity index (χ2v) is 7.66. The third-order valence-electron chi connectivity index (χ3n) is 5.34. The van der Waals surface area contributed by atoms with Crippen LogP contribution >= 0.6 is 0 Å². The van der Waals surface area contributed by atoms with Crippen molar-refractivity contribution in [2.24, 2.45) is 0 Å². The molecule has 1 aliphatic rings. The minimum absolute atomic E-state index is 0.0258. The highest BCUT2D eigenvalue weighted by molar-refractivity contribution is 5.90. The maximum Gasteiger partial charge on any atom is 0.225 e. The molecule has 0 bridgehead atoms. The number of pyridine rings is 1. The van der Waals surface area contributed by atoms with Crippen LogP contribution in [0.1, 0.15) is 50.3 Å². The Hall–Kier alpha value is -2.24. The summed E-state index contributed by atoms with van der Waals surface area (Å²) in [5, 5.41) is 13.8. The Labute approximate surface area is 161 Å². The van der Waals surface area contributed by atoms with Gasteiger partial charge in [-0.1, -0.05) is 32.0 Å². The second kappa shape index (κ2) is 8.63. The minimum atomic E-state index is -0.849. The molecule has 3 rings (SSSR count). The fraction of sp³-hybridized carbons (Fsp3) is 0.455. The summed E-state index contributed by atoms with van der Waals surface area (Å²) in [6.07, 6.45) is 3.45. The number of benzene rings is 1. The second-order valence-electron chi connectivity index (χ2n) is 7.66. The van der Waals surface area contributed by atoms with Crippen LogP contribution in [0.15, 0.2) is 48.7 Å². The monoisotopic (exact) mass is 367 g/mol. The van der Waals surface area contributed by atoms with Crippen LogP contribution in [0, 0.1) is 0 Å². The number of rotatable bonds is 6. The molecule has 2 heterocycles. The first-order valence-electron chi connectivity index (χ1n) is 9.72. The number of carbonyl (C=O) groups excluding carboxylic acids is 1. The molecule has 0 aliphatic carbocycles. The van der Waals surface area contributed by atoms with E-state index in [0.717, 1.165) is 24.5 Å². The zero-order valence-electron chi connectivity index (χ0n) is 16.2. The lowest BCUT2D eigenvalue weighted by molar-refractivity contribution is -0.116. The predicted molar refractivity (Wildman–Crippen MR) is 108 cm³/mol. The lowest BCUT2D eigenvalue weighted by Gasteiger charge is -2.37. The summed E-state index contributed by atoms with van der Waals surface area (Å²) < 4.78 is 0. The maximum atomic E-state index is 12.2. The summed E-state index contributed by atoms with van der Waals surface area (Å²) in [6, 6.07) is 13.7. The van der Waals surface area contributed by atoms with Gasteiger partial charge in [-0.05, 0) is 48.6 Å². The van der Waals surface area contributed by atoms with Gasteiger partial charge in [-0.3, -0.25) is 9.78 Å². The Balaban J connectivity index is 1.44. The van der Waals surface area contributed by atoms with Gasteiger partial charge in [0.05, 0.1) is 5.69 Å². The zero-order valence-corrected chi connectivity index (χ0v) is 16.2. The fourth-order valence-corrected chi connectivity index (χ4v) is 3.48. The van der Waals surface area contributed by atoms with Gasteiger partial charge in [0.1, 0.15) is 5.60 Å². The molecule has 0 unspecified atom stereocenters. The van der Waals surface area contributed by atoms with Crippen molar-refractivity contribution in [3.05, 3.63) is 59.9 Å². The summed E-state index contributed by atoms with van der Waals surface area (Å²) in [5.74, 6) is 0.511. The summed E-state index contributed by atoms with van der Waals surface area (Å²) >= 11 is 0. The van der Waals surface area contributed by atoms with Gasteiger partial charge in [0.2, 0.25) is 5.91 Å². The van der Waals surface area contributed by atoms with Gasteiger partial charge < -0.3 is 15.3 Å². The van der Waals surface area contributed by atoms with Gasteiger partial charge in [0, 0.05) is 37.9 Å². The number of carbonyl (C=O) groups is 1. The Morgan fingerprint density at radius 1 is 1.19 bits per heavy atom. The molecule has 1 aromatic carbocycles. The number of nitrogens with one attached hydrogen (secondary N) is 1. The third kappa shape index (κ3) is 5.15. The Morgan fingerprint density at radius 3 is 2.48 bits per heavy atom. The number of hydrogen-bond donors (Lipinski definition) is 2. The van der Waals surface area contributed by atoms with E-state index < -0.39 is 5.60 Å². The SMILES string of the molecule is CC(C)c1ccc(NC(=O)CCN2CCC(O)(c3ccccn3)CC2)cc1. The van der Waals surface area contributed by atoms with E-state index in [4.69, 9.17) is 0 Å². The van der Waals surface area contributed by atoms with Crippen LogP contribution in [-0.2, 0) is 10.4 Å². The molecule has 1 aliphatic heterocycles. The van der Waals surface area contributed by atoms with Crippen LogP contribution in [0.3, 0.4) is 0 Å².